The molecule has 0 atom stereocenters. The van der Waals surface area contributed by atoms with Crippen LogP contribution in [0.25, 0.3) is 151 Å². The fourth-order valence-electron chi connectivity index (χ4n) is 11.9. The molecule has 344 valence electrons. The number of benzene rings is 13. The SMILES string of the molecule is c1cc(-c2ccc(-c3ccc(-c4ccc5c(-c6ccc7ccccc7c6)c6ccccc6c(-c6ccc7ccccc7c6)c5c4)s3)s2)cc(-c2c3ccccc3c(-c3cccc4ccccc34)c3ccccc23)c1. The summed E-state index contributed by atoms with van der Waals surface area (Å²) in [4.78, 5) is 5.07. The molecule has 74 heavy (non-hydrogen) atoms. The first kappa shape index (κ1) is 42.7. The fraction of sp³-hybridized carbons (Fsp3) is 0. The van der Waals surface area contributed by atoms with Gasteiger partial charge in [-0.2, -0.15) is 0 Å². The zero-order valence-electron chi connectivity index (χ0n) is 40.2. The molecule has 0 aliphatic carbocycles. The van der Waals surface area contributed by atoms with Gasteiger partial charge >= 0.3 is 0 Å². The number of thiophene rings is 2. The molecule has 0 saturated carbocycles. The van der Waals surface area contributed by atoms with E-state index < -0.39 is 0 Å². The average Bonchev–Trinajstić information content (AvgIpc) is 4.19. The number of hydrogen-bond donors (Lipinski definition) is 0. The highest BCUT2D eigenvalue weighted by atomic mass is 32.1. The molecular weight excluding hydrogens is 929 g/mol. The zero-order valence-corrected chi connectivity index (χ0v) is 41.9. The predicted octanol–water partition coefficient (Wildman–Crippen LogP) is 21.6. The van der Waals surface area contributed by atoms with Crippen molar-refractivity contribution in [2.75, 3.05) is 0 Å². The topological polar surface area (TPSA) is 0 Å². The lowest BCUT2D eigenvalue weighted by molar-refractivity contribution is 1.66. The molecule has 0 saturated heterocycles. The first-order chi connectivity index (χ1) is 36.7. The normalized spacial score (nSPS) is 11.8. The van der Waals surface area contributed by atoms with Gasteiger partial charge in [0.2, 0.25) is 0 Å². The summed E-state index contributed by atoms with van der Waals surface area (Å²) in [6, 6.07) is 99.3. The summed E-state index contributed by atoms with van der Waals surface area (Å²) in [6.45, 7) is 0. The fourth-order valence-corrected chi connectivity index (χ4v) is 14.0. The van der Waals surface area contributed by atoms with Gasteiger partial charge in [0.05, 0.1) is 0 Å². The minimum atomic E-state index is 1.23. The number of fused-ring (bicyclic) bond motifs is 7. The lowest BCUT2D eigenvalue weighted by Crippen LogP contribution is -1.92. The molecule has 2 aromatic heterocycles. The maximum atomic E-state index is 2.46. The molecule has 0 radical (unpaired) electrons. The molecule has 2 heterocycles. The van der Waals surface area contributed by atoms with Crippen molar-refractivity contribution in [3.63, 3.8) is 0 Å². The molecular formula is C72H44S2. The monoisotopic (exact) mass is 972 g/mol. The van der Waals surface area contributed by atoms with Gasteiger partial charge in [0.15, 0.2) is 0 Å². The molecule has 0 aliphatic rings. The molecule has 0 amide bonds. The van der Waals surface area contributed by atoms with Crippen molar-refractivity contribution in [2.45, 2.75) is 0 Å². The Hall–Kier alpha value is -8.92. The Labute approximate surface area is 437 Å². The third-order valence-electron chi connectivity index (χ3n) is 15.3. The highest BCUT2D eigenvalue weighted by Gasteiger charge is 2.21. The van der Waals surface area contributed by atoms with Crippen LogP contribution in [0.4, 0.5) is 0 Å². The van der Waals surface area contributed by atoms with Gasteiger partial charge in [-0.25, -0.2) is 0 Å². The summed E-state index contributed by atoms with van der Waals surface area (Å²) in [6.07, 6.45) is 0. The molecule has 0 N–H and O–H groups in total. The van der Waals surface area contributed by atoms with Crippen LogP contribution in [-0.2, 0) is 0 Å². The summed E-state index contributed by atoms with van der Waals surface area (Å²) in [7, 11) is 0. The van der Waals surface area contributed by atoms with Crippen molar-refractivity contribution in [3.8, 4) is 75.1 Å². The van der Waals surface area contributed by atoms with Crippen LogP contribution in [0.1, 0.15) is 0 Å². The first-order valence-corrected chi connectivity index (χ1v) is 27.0. The molecule has 0 nitrogen and oxygen atoms in total. The van der Waals surface area contributed by atoms with Crippen molar-refractivity contribution >= 4 is 98.1 Å². The second-order valence-corrected chi connectivity index (χ2v) is 21.6. The Morgan fingerprint density at radius 3 is 1.09 bits per heavy atom. The number of rotatable bonds is 7. The van der Waals surface area contributed by atoms with Crippen LogP contribution in [0.3, 0.4) is 0 Å². The highest BCUT2D eigenvalue weighted by Crippen LogP contribution is 2.49. The van der Waals surface area contributed by atoms with Crippen LogP contribution in [0.5, 0.6) is 0 Å². The minimum absolute atomic E-state index is 1.23. The standard InChI is InChI=1S/C72H44S2/c1-3-18-48-41-53(33-31-45(48)15-1)70-57-24-7-8-25-58(57)71(54-34-32-46-16-2-4-19-49(46)42-54)64-44-51(35-36-63(64)70)66-38-40-68(74-66)67-39-37-65(73-67)50-21-13-22-52(43-50)69-59-26-9-11-28-61(59)72(62-29-12-10-27-60(62)69)56-30-14-20-47-17-5-6-23-55(47)56/h1-44H. The Morgan fingerprint density at radius 2 is 0.541 bits per heavy atom. The molecule has 0 unspecified atom stereocenters. The Kier molecular flexibility index (Phi) is 10.0. The summed E-state index contributed by atoms with van der Waals surface area (Å²) < 4.78 is 0. The van der Waals surface area contributed by atoms with Crippen LogP contribution >= 0.6 is 22.7 Å². The third-order valence-corrected chi connectivity index (χ3v) is 17.7. The van der Waals surface area contributed by atoms with Gasteiger partial charge in [0.1, 0.15) is 0 Å². The van der Waals surface area contributed by atoms with Gasteiger partial charge in [-0.05, 0) is 180 Å². The molecule has 15 aromatic rings. The Balaban J connectivity index is 0.830. The summed E-state index contributed by atoms with van der Waals surface area (Å²) >= 11 is 3.75. The second kappa shape index (κ2) is 17.4. The van der Waals surface area contributed by atoms with Crippen LogP contribution in [0, 0.1) is 0 Å². The lowest BCUT2D eigenvalue weighted by Gasteiger charge is -2.19. The largest absolute Gasteiger partial charge is 0.134 e. The van der Waals surface area contributed by atoms with Gasteiger partial charge in [-0.3, -0.25) is 0 Å². The van der Waals surface area contributed by atoms with E-state index in [2.05, 4.69) is 267 Å². The Morgan fingerprint density at radius 1 is 0.176 bits per heavy atom. The highest BCUT2D eigenvalue weighted by molar-refractivity contribution is 7.25. The minimum Gasteiger partial charge on any atom is -0.134 e. The zero-order chi connectivity index (χ0) is 48.7. The van der Waals surface area contributed by atoms with E-state index in [0.717, 1.165) is 0 Å². The second-order valence-electron chi connectivity index (χ2n) is 19.5. The van der Waals surface area contributed by atoms with E-state index in [9.17, 15) is 0 Å². The smallest absolute Gasteiger partial charge is 0.0449 e. The van der Waals surface area contributed by atoms with Gasteiger partial charge in [0, 0.05) is 19.5 Å². The Bertz CT molecular complexity index is 4670. The average molecular weight is 973 g/mol. The summed E-state index contributed by atoms with van der Waals surface area (Å²) in [5, 5.41) is 17.6. The molecule has 0 aliphatic heterocycles. The van der Waals surface area contributed by atoms with Gasteiger partial charge in [-0.15, -0.1) is 22.7 Å². The maximum absolute atomic E-state index is 2.46. The summed E-state index contributed by atoms with van der Waals surface area (Å²) in [5.74, 6) is 0. The predicted molar refractivity (Wildman–Crippen MR) is 323 cm³/mol. The number of hydrogen-bond acceptors (Lipinski definition) is 2. The van der Waals surface area contributed by atoms with Crippen LogP contribution in [0.2, 0.25) is 0 Å². The van der Waals surface area contributed by atoms with Gasteiger partial charge in [0.25, 0.3) is 0 Å². The van der Waals surface area contributed by atoms with E-state index in [-0.39, 0.29) is 0 Å². The van der Waals surface area contributed by atoms with E-state index in [0.29, 0.717) is 0 Å². The maximum Gasteiger partial charge on any atom is 0.0449 e. The van der Waals surface area contributed by atoms with Crippen molar-refractivity contribution in [2.24, 2.45) is 0 Å². The van der Waals surface area contributed by atoms with Gasteiger partial charge < -0.3 is 0 Å². The molecule has 0 bridgehead atoms. The molecule has 13 aromatic carbocycles. The van der Waals surface area contributed by atoms with Crippen LogP contribution in [-0.4, -0.2) is 0 Å². The molecule has 0 fully saturated rings. The van der Waals surface area contributed by atoms with E-state index in [1.807, 2.05) is 22.7 Å². The quantitative estimate of drug-likeness (QED) is 0.140. The molecule has 15 rings (SSSR count). The third kappa shape index (κ3) is 7.02. The van der Waals surface area contributed by atoms with Crippen LogP contribution < -0.4 is 0 Å². The van der Waals surface area contributed by atoms with E-state index in [4.69, 9.17) is 0 Å². The first-order valence-electron chi connectivity index (χ1n) is 25.4. The van der Waals surface area contributed by atoms with Crippen molar-refractivity contribution in [3.05, 3.63) is 267 Å². The summed E-state index contributed by atoms with van der Waals surface area (Å²) in [5.41, 5.74) is 12.5. The van der Waals surface area contributed by atoms with Crippen molar-refractivity contribution in [1.29, 1.82) is 0 Å². The van der Waals surface area contributed by atoms with E-state index in [1.54, 1.807) is 0 Å². The van der Waals surface area contributed by atoms with E-state index in [1.165, 1.54) is 151 Å². The molecule has 2 heteroatoms. The van der Waals surface area contributed by atoms with E-state index >= 15 is 0 Å². The van der Waals surface area contributed by atoms with Crippen molar-refractivity contribution < 1.29 is 0 Å². The van der Waals surface area contributed by atoms with Crippen LogP contribution in [0.15, 0.2) is 267 Å². The van der Waals surface area contributed by atoms with Crippen molar-refractivity contribution in [1.82, 2.24) is 0 Å². The molecule has 0 spiro atoms. The van der Waals surface area contributed by atoms with Gasteiger partial charge in [-0.1, -0.05) is 218 Å². The lowest BCUT2D eigenvalue weighted by atomic mass is 9.84.